The van der Waals surface area contributed by atoms with E-state index in [1.165, 1.54) is 45.1 Å². The van der Waals surface area contributed by atoms with E-state index in [0.29, 0.717) is 18.0 Å². The molecule has 0 radical (unpaired) electrons. The number of hydrogen-bond acceptors (Lipinski definition) is 3. The van der Waals surface area contributed by atoms with Crippen molar-refractivity contribution in [2.75, 3.05) is 13.1 Å². The largest absolute Gasteiger partial charge is 0.393 e. The Morgan fingerprint density at radius 1 is 1.10 bits per heavy atom. The quantitative estimate of drug-likeness (QED) is 0.790. The van der Waals surface area contributed by atoms with Crippen LogP contribution in [-0.4, -0.2) is 47.3 Å². The van der Waals surface area contributed by atoms with Crippen LogP contribution in [-0.2, 0) is 0 Å². The van der Waals surface area contributed by atoms with Gasteiger partial charge in [-0.05, 0) is 51.9 Å². The average molecular weight is 296 g/mol. The maximum Gasteiger partial charge on any atom is 0.0540 e. The fraction of sp³-hybridized carbons (Fsp3) is 1.00. The molecule has 1 saturated carbocycles. The lowest BCUT2D eigenvalue weighted by atomic mass is 9.87. The van der Waals surface area contributed by atoms with E-state index in [2.05, 4.69) is 31.0 Å². The van der Waals surface area contributed by atoms with Crippen LogP contribution in [0, 0.1) is 5.92 Å². The first-order chi connectivity index (χ1) is 10.1. The number of aliphatic hydroxyl groups is 1. The van der Waals surface area contributed by atoms with E-state index >= 15 is 0 Å². The van der Waals surface area contributed by atoms with Crippen LogP contribution in [0.15, 0.2) is 0 Å². The Morgan fingerprint density at radius 3 is 2.43 bits per heavy atom. The summed E-state index contributed by atoms with van der Waals surface area (Å²) < 4.78 is 0. The molecule has 0 aromatic heterocycles. The lowest BCUT2D eigenvalue weighted by Crippen LogP contribution is -2.54. The second kappa shape index (κ2) is 8.50. The standard InChI is InChI=1S/C18H36N2O/c1-4-18(21)11-15-10-17(13-20(12-15)14(2)3)19-16-8-6-5-7-9-16/h14-19,21H,4-13H2,1-3H3. The number of piperidine rings is 1. The summed E-state index contributed by atoms with van der Waals surface area (Å²) in [7, 11) is 0. The lowest BCUT2D eigenvalue weighted by molar-refractivity contribution is 0.0653. The zero-order valence-corrected chi connectivity index (χ0v) is 14.4. The van der Waals surface area contributed by atoms with Crippen molar-refractivity contribution in [3.05, 3.63) is 0 Å². The Labute approximate surface area is 131 Å². The van der Waals surface area contributed by atoms with Crippen molar-refractivity contribution in [2.24, 2.45) is 5.92 Å². The fourth-order valence-electron chi connectivity index (χ4n) is 4.11. The first-order valence-electron chi connectivity index (χ1n) is 9.26. The molecular weight excluding hydrogens is 260 g/mol. The molecule has 1 heterocycles. The molecule has 1 saturated heterocycles. The van der Waals surface area contributed by atoms with Crippen molar-refractivity contribution < 1.29 is 5.11 Å². The van der Waals surface area contributed by atoms with Crippen LogP contribution in [0.25, 0.3) is 0 Å². The molecule has 3 heteroatoms. The molecule has 2 N–H and O–H groups in total. The molecule has 2 aliphatic rings. The van der Waals surface area contributed by atoms with Gasteiger partial charge in [-0.2, -0.15) is 0 Å². The number of likely N-dealkylation sites (tertiary alicyclic amines) is 1. The maximum atomic E-state index is 10.0. The molecule has 2 fully saturated rings. The predicted molar refractivity (Wildman–Crippen MR) is 89.5 cm³/mol. The normalized spacial score (nSPS) is 30.7. The molecule has 1 aliphatic heterocycles. The zero-order chi connectivity index (χ0) is 15.2. The summed E-state index contributed by atoms with van der Waals surface area (Å²) in [6.45, 7) is 9.04. The van der Waals surface area contributed by atoms with Crippen LogP contribution in [0.5, 0.6) is 0 Å². The molecule has 21 heavy (non-hydrogen) atoms. The molecule has 1 aliphatic carbocycles. The molecule has 0 aromatic rings. The summed E-state index contributed by atoms with van der Waals surface area (Å²) in [5.74, 6) is 0.650. The third-order valence-corrected chi connectivity index (χ3v) is 5.45. The molecule has 2 rings (SSSR count). The van der Waals surface area contributed by atoms with Crippen LogP contribution >= 0.6 is 0 Å². The summed E-state index contributed by atoms with van der Waals surface area (Å²) in [5, 5.41) is 13.9. The van der Waals surface area contributed by atoms with E-state index in [-0.39, 0.29) is 6.10 Å². The molecule has 0 aromatic carbocycles. The van der Waals surface area contributed by atoms with E-state index in [4.69, 9.17) is 0 Å². The highest BCUT2D eigenvalue weighted by atomic mass is 16.3. The minimum atomic E-state index is -0.113. The van der Waals surface area contributed by atoms with Gasteiger partial charge < -0.3 is 10.4 Å². The van der Waals surface area contributed by atoms with Crippen molar-refractivity contribution in [1.29, 1.82) is 0 Å². The lowest BCUT2D eigenvalue weighted by Gasteiger charge is -2.42. The van der Waals surface area contributed by atoms with Gasteiger partial charge in [0.1, 0.15) is 0 Å². The smallest absolute Gasteiger partial charge is 0.0540 e. The van der Waals surface area contributed by atoms with Gasteiger partial charge in [0.15, 0.2) is 0 Å². The highest BCUT2D eigenvalue weighted by molar-refractivity contribution is 4.88. The highest BCUT2D eigenvalue weighted by Gasteiger charge is 2.30. The molecular formula is C18H36N2O. The Kier molecular flexibility index (Phi) is 6.97. The second-order valence-electron chi connectivity index (χ2n) is 7.65. The van der Waals surface area contributed by atoms with Crippen LogP contribution in [0.1, 0.15) is 72.1 Å². The monoisotopic (exact) mass is 296 g/mol. The van der Waals surface area contributed by atoms with Gasteiger partial charge in [0.05, 0.1) is 6.10 Å². The van der Waals surface area contributed by atoms with E-state index in [0.717, 1.165) is 25.4 Å². The van der Waals surface area contributed by atoms with Gasteiger partial charge in [-0.1, -0.05) is 26.2 Å². The first-order valence-corrected chi connectivity index (χ1v) is 9.26. The third kappa shape index (κ3) is 5.54. The topological polar surface area (TPSA) is 35.5 Å². The predicted octanol–water partition coefficient (Wildman–Crippen LogP) is 3.17. The molecule has 3 unspecified atom stereocenters. The van der Waals surface area contributed by atoms with Gasteiger partial charge in [-0.3, -0.25) is 4.90 Å². The fourth-order valence-corrected chi connectivity index (χ4v) is 4.11. The summed E-state index contributed by atoms with van der Waals surface area (Å²) in [4.78, 5) is 2.61. The van der Waals surface area contributed by atoms with Gasteiger partial charge in [0.2, 0.25) is 0 Å². The summed E-state index contributed by atoms with van der Waals surface area (Å²) >= 11 is 0. The Hall–Kier alpha value is -0.120. The van der Waals surface area contributed by atoms with E-state index in [9.17, 15) is 5.11 Å². The van der Waals surface area contributed by atoms with Crippen molar-refractivity contribution >= 4 is 0 Å². The van der Waals surface area contributed by atoms with Gasteiger partial charge in [-0.15, -0.1) is 0 Å². The van der Waals surface area contributed by atoms with Gasteiger partial charge in [0.25, 0.3) is 0 Å². The van der Waals surface area contributed by atoms with Crippen molar-refractivity contribution in [3.8, 4) is 0 Å². The number of nitrogens with one attached hydrogen (secondary N) is 1. The molecule has 0 bridgehead atoms. The molecule has 3 nitrogen and oxygen atoms in total. The van der Waals surface area contributed by atoms with Gasteiger partial charge in [-0.25, -0.2) is 0 Å². The van der Waals surface area contributed by atoms with E-state index in [1.807, 2.05) is 0 Å². The molecule has 124 valence electrons. The van der Waals surface area contributed by atoms with Crippen molar-refractivity contribution in [2.45, 2.75) is 96.4 Å². The van der Waals surface area contributed by atoms with E-state index < -0.39 is 0 Å². The molecule has 3 atom stereocenters. The SMILES string of the molecule is CCC(O)CC1CC(NC2CCCCC2)CN(C(C)C)C1. The van der Waals surface area contributed by atoms with Gasteiger partial charge >= 0.3 is 0 Å². The Morgan fingerprint density at radius 2 is 1.81 bits per heavy atom. The summed E-state index contributed by atoms with van der Waals surface area (Å²) in [6.07, 6.45) is 9.94. The number of hydrogen-bond donors (Lipinski definition) is 2. The highest BCUT2D eigenvalue weighted by Crippen LogP contribution is 2.26. The molecule has 0 amide bonds. The van der Waals surface area contributed by atoms with Crippen LogP contribution < -0.4 is 5.32 Å². The first kappa shape index (κ1) is 17.2. The number of nitrogens with zero attached hydrogens (tertiary/aromatic N) is 1. The summed E-state index contributed by atoms with van der Waals surface area (Å²) in [6, 6.07) is 1.98. The van der Waals surface area contributed by atoms with E-state index in [1.54, 1.807) is 0 Å². The summed E-state index contributed by atoms with van der Waals surface area (Å²) in [5.41, 5.74) is 0. The zero-order valence-electron chi connectivity index (χ0n) is 14.4. The number of rotatable bonds is 6. The third-order valence-electron chi connectivity index (χ3n) is 5.45. The maximum absolute atomic E-state index is 10.0. The van der Waals surface area contributed by atoms with Gasteiger partial charge in [0, 0.05) is 31.2 Å². The minimum Gasteiger partial charge on any atom is -0.393 e. The van der Waals surface area contributed by atoms with Crippen LogP contribution in [0.2, 0.25) is 0 Å². The van der Waals surface area contributed by atoms with Crippen molar-refractivity contribution in [3.63, 3.8) is 0 Å². The van der Waals surface area contributed by atoms with Crippen LogP contribution in [0.4, 0.5) is 0 Å². The minimum absolute atomic E-state index is 0.113. The average Bonchev–Trinajstić information content (AvgIpc) is 2.47. The second-order valence-corrected chi connectivity index (χ2v) is 7.65. The van der Waals surface area contributed by atoms with Crippen LogP contribution in [0.3, 0.4) is 0 Å². The van der Waals surface area contributed by atoms with Crippen molar-refractivity contribution in [1.82, 2.24) is 10.2 Å². The Balaban J connectivity index is 1.88. The molecule has 0 spiro atoms. The number of aliphatic hydroxyl groups excluding tert-OH is 1. The Bertz CT molecular complexity index is 289.